The van der Waals surface area contributed by atoms with Gasteiger partial charge in [0, 0.05) is 32.7 Å². The van der Waals surface area contributed by atoms with E-state index in [2.05, 4.69) is 5.32 Å². The molecule has 1 aromatic carbocycles. The smallest absolute Gasteiger partial charge is 0.225 e. The molecule has 0 heterocycles. The zero-order valence-corrected chi connectivity index (χ0v) is 12.9. The molecule has 0 spiro atoms. The summed E-state index contributed by atoms with van der Waals surface area (Å²) in [6.07, 6.45) is 0.190. The van der Waals surface area contributed by atoms with E-state index in [1.54, 1.807) is 18.2 Å². The van der Waals surface area contributed by atoms with Gasteiger partial charge in [0.15, 0.2) is 0 Å². The SMILES string of the molecule is CC(C)(C)S(=O)CCC(=O)Nc1cc(Cl)ccc1N. The molecular weight excluding hydrogens is 284 g/mol. The monoisotopic (exact) mass is 302 g/mol. The third kappa shape index (κ3) is 5.20. The Balaban J connectivity index is 2.57. The minimum atomic E-state index is -1.04. The van der Waals surface area contributed by atoms with Crippen molar-refractivity contribution in [3.8, 4) is 0 Å². The highest BCUT2D eigenvalue weighted by molar-refractivity contribution is 7.86. The van der Waals surface area contributed by atoms with Crippen LogP contribution < -0.4 is 11.1 Å². The van der Waals surface area contributed by atoms with E-state index >= 15 is 0 Å². The number of nitrogens with one attached hydrogen (secondary N) is 1. The number of halogens is 1. The Morgan fingerprint density at radius 2 is 2.05 bits per heavy atom. The first-order valence-corrected chi connectivity index (χ1v) is 7.63. The van der Waals surface area contributed by atoms with Crippen LogP contribution in [0.1, 0.15) is 27.2 Å². The van der Waals surface area contributed by atoms with Crippen LogP contribution in [-0.2, 0) is 15.6 Å². The Kier molecular flexibility index (Phi) is 5.38. The molecule has 6 heteroatoms. The first kappa shape index (κ1) is 16.0. The van der Waals surface area contributed by atoms with Crippen molar-refractivity contribution in [2.45, 2.75) is 31.9 Å². The molecule has 0 aliphatic carbocycles. The maximum absolute atomic E-state index is 11.8. The van der Waals surface area contributed by atoms with Crippen molar-refractivity contribution in [1.82, 2.24) is 0 Å². The van der Waals surface area contributed by atoms with Crippen molar-refractivity contribution >= 4 is 39.7 Å². The molecule has 0 aromatic heterocycles. The van der Waals surface area contributed by atoms with Crippen LogP contribution in [0.25, 0.3) is 0 Å². The second-order valence-corrected chi connectivity index (χ2v) is 7.95. The topological polar surface area (TPSA) is 72.2 Å². The Morgan fingerprint density at radius 1 is 1.42 bits per heavy atom. The van der Waals surface area contributed by atoms with Gasteiger partial charge < -0.3 is 11.1 Å². The number of rotatable bonds is 4. The third-order valence-corrected chi connectivity index (χ3v) is 4.66. The van der Waals surface area contributed by atoms with Crippen molar-refractivity contribution in [2.24, 2.45) is 0 Å². The number of anilines is 2. The maximum Gasteiger partial charge on any atom is 0.225 e. The summed E-state index contributed by atoms with van der Waals surface area (Å²) >= 11 is 5.83. The van der Waals surface area contributed by atoms with Gasteiger partial charge in [-0.1, -0.05) is 11.6 Å². The van der Waals surface area contributed by atoms with E-state index < -0.39 is 10.8 Å². The highest BCUT2D eigenvalue weighted by Gasteiger charge is 2.20. The lowest BCUT2D eigenvalue weighted by molar-refractivity contribution is -0.115. The number of hydrogen-bond acceptors (Lipinski definition) is 3. The zero-order valence-electron chi connectivity index (χ0n) is 11.3. The Morgan fingerprint density at radius 3 is 2.63 bits per heavy atom. The van der Waals surface area contributed by atoms with E-state index in [-0.39, 0.29) is 17.1 Å². The van der Waals surface area contributed by atoms with Gasteiger partial charge in [0.05, 0.1) is 11.4 Å². The Hall–Kier alpha value is -1.07. The van der Waals surface area contributed by atoms with E-state index in [0.29, 0.717) is 22.2 Å². The van der Waals surface area contributed by atoms with Crippen LogP contribution in [0.2, 0.25) is 5.02 Å². The van der Waals surface area contributed by atoms with E-state index in [1.165, 1.54) is 0 Å². The van der Waals surface area contributed by atoms with Gasteiger partial charge in [-0.05, 0) is 39.0 Å². The Bertz CT molecular complexity index is 498. The molecule has 4 nitrogen and oxygen atoms in total. The molecule has 1 atom stereocenters. The number of amides is 1. The average molecular weight is 303 g/mol. The van der Waals surface area contributed by atoms with Crippen LogP contribution in [0.15, 0.2) is 18.2 Å². The highest BCUT2D eigenvalue weighted by atomic mass is 35.5. The minimum absolute atomic E-state index is 0.190. The molecule has 0 saturated carbocycles. The van der Waals surface area contributed by atoms with Gasteiger partial charge in [-0.2, -0.15) is 0 Å². The fourth-order valence-corrected chi connectivity index (χ4v) is 2.50. The third-order valence-electron chi connectivity index (χ3n) is 2.49. The number of benzene rings is 1. The maximum atomic E-state index is 11.8. The lowest BCUT2D eigenvalue weighted by Gasteiger charge is -2.17. The summed E-state index contributed by atoms with van der Waals surface area (Å²) in [4.78, 5) is 11.8. The van der Waals surface area contributed by atoms with Gasteiger partial charge >= 0.3 is 0 Å². The molecule has 1 aromatic rings. The molecule has 0 aliphatic heterocycles. The Labute approximate surface area is 121 Å². The van der Waals surface area contributed by atoms with Gasteiger partial charge in [-0.15, -0.1) is 0 Å². The predicted octanol–water partition coefficient (Wildman–Crippen LogP) is 2.80. The second-order valence-electron chi connectivity index (χ2n) is 5.19. The summed E-state index contributed by atoms with van der Waals surface area (Å²) in [5.41, 5.74) is 6.67. The molecule has 1 amide bonds. The fourth-order valence-electron chi connectivity index (χ4n) is 1.34. The molecule has 0 saturated heterocycles. The van der Waals surface area contributed by atoms with Crippen LogP contribution >= 0.6 is 11.6 Å². The van der Waals surface area contributed by atoms with Gasteiger partial charge in [0.2, 0.25) is 5.91 Å². The van der Waals surface area contributed by atoms with E-state index in [0.717, 1.165) is 0 Å². The minimum Gasteiger partial charge on any atom is -0.397 e. The highest BCUT2D eigenvalue weighted by Crippen LogP contribution is 2.23. The van der Waals surface area contributed by atoms with Crippen molar-refractivity contribution in [2.75, 3.05) is 16.8 Å². The lowest BCUT2D eigenvalue weighted by Crippen LogP contribution is -2.26. The number of nitrogens with two attached hydrogens (primary N) is 1. The summed E-state index contributed by atoms with van der Waals surface area (Å²) in [5, 5.41) is 3.18. The summed E-state index contributed by atoms with van der Waals surface area (Å²) in [7, 11) is -1.04. The van der Waals surface area contributed by atoms with Gasteiger partial charge in [0.1, 0.15) is 0 Å². The number of carbonyl (C=O) groups excluding carboxylic acids is 1. The molecule has 0 radical (unpaired) electrons. The predicted molar refractivity (Wildman–Crippen MR) is 81.9 cm³/mol. The summed E-state index contributed by atoms with van der Waals surface area (Å²) in [6, 6.07) is 4.88. The number of hydrogen-bond donors (Lipinski definition) is 2. The average Bonchev–Trinajstić information content (AvgIpc) is 2.29. The molecule has 1 rings (SSSR count). The number of carbonyl (C=O) groups is 1. The summed E-state index contributed by atoms with van der Waals surface area (Å²) in [6.45, 7) is 5.65. The molecule has 106 valence electrons. The van der Waals surface area contributed by atoms with Gasteiger partial charge in [-0.3, -0.25) is 9.00 Å². The fraction of sp³-hybridized carbons (Fsp3) is 0.462. The lowest BCUT2D eigenvalue weighted by atomic mass is 10.2. The van der Waals surface area contributed by atoms with Crippen LogP contribution in [0, 0.1) is 0 Å². The van der Waals surface area contributed by atoms with Crippen LogP contribution in [0.4, 0.5) is 11.4 Å². The van der Waals surface area contributed by atoms with Crippen molar-refractivity contribution in [3.05, 3.63) is 23.2 Å². The quantitative estimate of drug-likeness (QED) is 0.840. The standard InChI is InChI=1S/C13H19ClN2O2S/c1-13(2,3)19(18)7-6-12(17)16-11-8-9(14)4-5-10(11)15/h4-5,8H,6-7,15H2,1-3H3,(H,16,17). The molecule has 19 heavy (non-hydrogen) atoms. The van der Waals surface area contributed by atoms with Crippen molar-refractivity contribution in [1.29, 1.82) is 0 Å². The van der Waals surface area contributed by atoms with E-state index in [1.807, 2.05) is 20.8 Å². The molecule has 3 N–H and O–H groups in total. The van der Waals surface area contributed by atoms with Gasteiger partial charge in [-0.25, -0.2) is 0 Å². The first-order valence-electron chi connectivity index (χ1n) is 5.93. The largest absolute Gasteiger partial charge is 0.397 e. The van der Waals surface area contributed by atoms with Gasteiger partial charge in [0.25, 0.3) is 0 Å². The molecule has 0 bridgehead atoms. The van der Waals surface area contributed by atoms with Crippen LogP contribution in [0.5, 0.6) is 0 Å². The molecule has 1 unspecified atom stereocenters. The van der Waals surface area contributed by atoms with Crippen molar-refractivity contribution < 1.29 is 9.00 Å². The summed E-state index contributed by atoms with van der Waals surface area (Å²) in [5.74, 6) is 0.113. The number of nitrogen functional groups attached to an aromatic ring is 1. The molecule has 0 aliphatic rings. The normalized spacial score (nSPS) is 13.1. The van der Waals surface area contributed by atoms with E-state index in [4.69, 9.17) is 17.3 Å². The molecule has 0 fully saturated rings. The van der Waals surface area contributed by atoms with E-state index in [9.17, 15) is 9.00 Å². The van der Waals surface area contributed by atoms with Crippen molar-refractivity contribution in [3.63, 3.8) is 0 Å². The zero-order chi connectivity index (χ0) is 14.6. The summed E-state index contributed by atoms with van der Waals surface area (Å²) < 4.78 is 11.5. The van der Waals surface area contributed by atoms with Crippen LogP contribution in [-0.4, -0.2) is 20.6 Å². The first-order chi connectivity index (χ1) is 8.70. The van der Waals surface area contributed by atoms with Crippen LogP contribution in [0.3, 0.4) is 0 Å². The molecular formula is C13H19ClN2O2S. The second kappa shape index (κ2) is 6.39.